The number of benzene rings is 1. The van der Waals surface area contributed by atoms with E-state index in [2.05, 4.69) is 0 Å². The molecule has 1 aromatic rings. The van der Waals surface area contributed by atoms with Crippen LogP contribution in [0.5, 0.6) is 0 Å². The van der Waals surface area contributed by atoms with Crippen molar-refractivity contribution in [1.29, 1.82) is 0 Å². The highest BCUT2D eigenvalue weighted by atomic mass is 19.1. The number of halogens is 1. The summed E-state index contributed by atoms with van der Waals surface area (Å²) in [5.41, 5.74) is -1.10. The molecule has 124 valence electrons. The van der Waals surface area contributed by atoms with Gasteiger partial charge in [-0.25, -0.2) is 4.39 Å². The van der Waals surface area contributed by atoms with Crippen molar-refractivity contribution in [3.05, 3.63) is 35.6 Å². The molecule has 1 aliphatic carbocycles. The summed E-state index contributed by atoms with van der Waals surface area (Å²) in [6, 6.07) is 5.40. The number of carboxylic acids is 1. The van der Waals surface area contributed by atoms with E-state index in [1.807, 2.05) is 0 Å². The molecule has 1 aliphatic rings. The average Bonchev–Trinajstić information content (AvgIpc) is 3.32. The van der Waals surface area contributed by atoms with Crippen LogP contribution in [-0.2, 0) is 14.4 Å². The molecule has 1 fully saturated rings. The van der Waals surface area contributed by atoms with Crippen molar-refractivity contribution < 1.29 is 23.9 Å². The van der Waals surface area contributed by atoms with Crippen LogP contribution in [0.4, 0.5) is 4.39 Å². The summed E-state index contributed by atoms with van der Waals surface area (Å²) in [6.07, 6.45) is 1.87. The van der Waals surface area contributed by atoms with Gasteiger partial charge in [-0.3, -0.25) is 9.59 Å². The minimum absolute atomic E-state index is 0.0765. The molecular weight excluding hydrogens is 299 g/mol. The van der Waals surface area contributed by atoms with Crippen LogP contribution in [0.1, 0.15) is 44.6 Å². The number of carboxylic acid groups (broad SMARTS) is 1. The number of aldehydes is 1. The van der Waals surface area contributed by atoms with Crippen LogP contribution in [0, 0.1) is 23.1 Å². The quantitative estimate of drug-likeness (QED) is 0.590. The molecule has 1 N–H and O–H groups in total. The van der Waals surface area contributed by atoms with E-state index in [4.69, 9.17) is 0 Å². The molecule has 1 saturated carbocycles. The maximum Gasteiger partial charge on any atom is 0.318 e. The zero-order chi connectivity index (χ0) is 17.2. The van der Waals surface area contributed by atoms with Crippen LogP contribution in [0.3, 0.4) is 0 Å². The topological polar surface area (TPSA) is 71.4 Å². The SMILES string of the molecule is CC(C)C(=O)C(C(=O)O)(C1CC1)C(CC=O)c1ccc(F)cc1. The van der Waals surface area contributed by atoms with E-state index in [0.29, 0.717) is 24.7 Å². The minimum atomic E-state index is -1.62. The van der Waals surface area contributed by atoms with E-state index in [1.54, 1.807) is 13.8 Å². The van der Waals surface area contributed by atoms with Crippen molar-refractivity contribution in [2.45, 2.75) is 39.0 Å². The van der Waals surface area contributed by atoms with Gasteiger partial charge in [0, 0.05) is 18.3 Å². The highest BCUT2D eigenvalue weighted by Crippen LogP contribution is 2.56. The molecule has 2 atom stereocenters. The summed E-state index contributed by atoms with van der Waals surface area (Å²) in [6.45, 7) is 3.34. The lowest BCUT2D eigenvalue weighted by Gasteiger charge is -2.37. The Balaban J connectivity index is 2.61. The van der Waals surface area contributed by atoms with E-state index >= 15 is 0 Å². The first kappa shape index (κ1) is 17.3. The van der Waals surface area contributed by atoms with Crippen molar-refractivity contribution in [2.24, 2.45) is 17.3 Å². The van der Waals surface area contributed by atoms with Gasteiger partial charge in [0.25, 0.3) is 0 Å². The summed E-state index contributed by atoms with van der Waals surface area (Å²) in [7, 11) is 0. The van der Waals surface area contributed by atoms with Crippen LogP contribution >= 0.6 is 0 Å². The van der Waals surface area contributed by atoms with Crippen molar-refractivity contribution in [3.63, 3.8) is 0 Å². The number of carbonyl (C=O) groups excluding carboxylic acids is 2. The fraction of sp³-hybridized carbons (Fsp3) is 0.500. The maximum atomic E-state index is 13.2. The largest absolute Gasteiger partial charge is 0.480 e. The third-order valence-electron chi connectivity index (χ3n) is 4.66. The molecule has 0 aromatic heterocycles. The number of carbonyl (C=O) groups is 3. The summed E-state index contributed by atoms with van der Waals surface area (Å²) in [4.78, 5) is 36.3. The monoisotopic (exact) mass is 320 g/mol. The van der Waals surface area contributed by atoms with Gasteiger partial charge < -0.3 is 9.90 Å². The van der Waals surface area contributed by atoms with Gasteiger partial charge in [0.2, 0.25) is 0 Å². The molecule has 0 aliphatic heterocycles. The lowest BCUT2D eigenvalue weighted by atomic mass is 9.62. The second kappa shape index (κ2) is 6.60. The second-order valence-electron chi connectivity index (χ2n) is 6.47. The van der Waals surface area contributed by atoms with Gasteiger partial charge in [0.05, 0.1) is 0 Å². The molecule has 4 nitrogen and oxygen atoms in total. The Labute approximate surface area is 134 Å². The predicted molar refractivity (Wildman–Crippen MR) is 82.5 cm³/mol. The van der Waals surface area contributed by atoms with Gasteiger partial charge in [-0.1, -0.05) is 26.0 Å². The fourth-order valence-electron chi connectivity index (χ4n) is 3.48. The Morgan fingerprint density at radius 2 is 1.87 bits per heavy atom. The van der Waals surface area contributed by atoms with E-state index < -0.39 is 29.0 Å². The van der Waals surface area contributed by atoms with Crippen molar-refractivity contribution >= 4 is 18.0 Å². The van der Waals surface area contributed by atoms with Gasteiger partial charge in [-0.05, 0) is 36.5 Å². The molecule has 0 heterocycles. The predicted octanol–water partition coefficient (Wildman–Crippen LogP) is 3.20. The van der Waals surface area contributed by atoms with E-state index in [-0.39, 0.29) is 18.1 Å². The maximum absolute atomic E-state index is 13.2. The lowest BCUT2D eigenvalue weighted by Crippen LogP contribution is -2.48. The first-order valence-electron chi connectivity index (χ1n) is 7.82. The first-order chi connectivity index (χ1) is 10.9. The molecule has 1 aromatic carbocycles. The Morgan fingerprint density at radius 1 is 1.30 bits per heavy atom. The van der Waals surface area contributed by atoms with Crippen molar-refractivity contribution in [3.8, 4) is 0 Å². The summed E-state index contributed by atoms with van der Waals surface area (Å²) >= 11 is 0. The molecule has 0 spiro atoms. The third-order valence-corrected chi connectivity index (χ3v) is 4.66. The van der Waals surface area contributed by atoms with Crippen molar-refractivity contribution in [1.82, 2.24) is 0 Å². The van der Waals surface area contributed by atoms with Gasteiger partial charge in [0.1, 0.15) is 17.5 Å². The number of hydrogen-bond acceptors (Lipinski definition) is 3. The number of ketones is 1. The molecule has 0 radical (unpaired) electrons. The molecule has 0 bridgehead atoms. The Hall–Kier alpha value is -2.04. The Bertz CT molecular complexity index is 604. The Kier molecular flexibility index (Phi) is 4.97. The normalized spacial score (nSPS) is 18.3. The zero-order valence-corrected chi connectivity index (χ0v) is 13.3. The summed E-state index contributed by atoms with van der Waals surface area (Å²) in [5, 5.41) is 9.96. The average molecular weight is 320 g/mol. The van der Waals surface area contributed by atoms with Gasteiger partial charge in [0.15, 0.2) is 5.78 Å². The number of Topliss-reactive ketones (excluding diaryl/α,β-unsaturated/α-hetero) is 1. The standard InChI is InChI=1S/C18H21FO4/c1-11(2)16(21)18(17(22)23,13-5-6-13)15(9-10-20)12-3-7-14(19)8-4-12/h3-4,7-8,10-11,13,15H,5-6,9H2,1-2H3,(H,22,23). The summed E-state index contributed by atoms with van der Waals surface area (Å²) < 4.78 is 13.2. The molecule has 2 rings (SSSR count). The fourth-order valence-corrected chi connectivity index (χ4v) is 3.48. The smallest absolute Gasteiger partial charge is 0.318 e. The number of aliphatic carboxylic acids is 1. The van der Waals surface area contributed by atoms with E-state index in [0.717, 1.165) is 0 Å². The van der Waals surface area contributed by atoms with Crippen molar-refractivity contribution in [2.75, 3.05) is 0 Å². The highest BCUT2D eigenvalue weighted by molar-refractivity contribution is 6.06. The van der Waals surface area contributed by atoms with Gasteiger partial charge in [-0.15, -0.1) is 0 Å². The third kappa shape index (κ3) is 3.05. The number of rotatable bonds is 8. The van der Waals surface area contributed by atoms with Crippen LogP contribution < -0.4 is 0 Å². The molecular formula is C18H21FO4. The zero-order valence-electron chi connectivity index (χ0n) is 13.3. The molecule has 23 heavy (non-hydrogen) atoms. The Morgan fingerprint density at radius 3 is 2.26 bits per heavy atom. The van der Waals surface area contributed by atoms with E-state index in [1.165, 1.54) is 24.3 Å². The summed E-state index contributed by atoms with van der Waals surface area (Å²) in [5.74, 6) is -3.49. The molecule has 5 heteroatoms. The van der Waals surface area contributed by atoms with Gasteiger partial charge >= 0.3 is 5.97 Å². The van der Waals surface area contributed by atoms with Crippen LogP contribution in [0.15, 0.2) is 24.3 Å². The van der Waals surface area contributed by atoms with Crippen LogP contribution in [0.2, 0.25) is 0 Å². The van der Waals surface area contributed by atoms with Crippen LogP contribution in [0.25, 0.3) is 0 Å². The second-order valence-corrected chi connectivity index (χ2v) is 6.47. The minimum Gasteiger partial charge on any atom is -0.480 e. The van der Waals surface area contributed by atoms with Gasteiger partial charge in [-0.2, -0.15) is 0 Å². The molecule has 0 amide bonds. The van der Waals surface area contributed by atoms with Crippen LogP contribution in [-0.4, -0.2) is 23.1 Å². The highest BCUT2D eigenvalue weighted by Gasteiger charge is 2.61. The molecule has 2 unspecified atom stereocenters. The molecule has 0 saturated heterocycles. The first-order valence-corrected chi connectivity index (χ1v) is 7.82. The van der Waals surface area contributed by atoms with E-state index in [9.17, 15) is 23.9 Å². The number of hydrogen-bond donors (Lipinski definition) is 1. The lowest BCUT2D eigenvalue weighted by molar-refractivity contribution is -0.160.